The van der Waals surface area contributed by atoms with Crippen molar-refractivity contribution in [3.8, 4) is 0 Å². The number of hydrogen-bond acceptors (Lipinski definition) is 6. The van der Waals surface area contributed by atoms with E-state index >= 15 is 0 Å². The molecule has 1 saturated heterocycles. The first-order valence-corrected chi connectivity index (χ1v) is 10.0. The molecule has 1 heterocycles. The summed E-state index contributed by atoms with van der Waals surface area (Å²) in [5.41, 5.74) is 5.62. The molecular weight excluding hydrogens is 360 g/mol. The molecule has 26 heavy (non-hydrogen) atoms. The van der Waals surface area contributed by atoms with Crippen molar-refractivity contribution in [2.24, 2.45) is 11.7 Å². The Balaban J connectivity index is 2.30. The van der Waals surface area contributed by atoms with Crippen molar-refractivity contribution in [3.05, 3.63) is 33.9 Å². The fourth-order valence-electron chi connectivity index (χ4n) is 3.04. The van der Waals surface area contributed by atoms with Gasteiger partial charge in [-0.1, -0.05) is 13.0 Å². The summed E-state index contributed by atoms with van der Waals surface area (Å²) in [4.78, 5) is 22.5. The lowest BCUT2D eigenvalue weighted by Gasteiger charge is -2.31. The zero-order chi connectivity index (χ0) is 19.3. The highest BCUT2D eigenvalue weighted by Gasteiger charge is 2.34. The molecule has 1 atom stereocenters. The first-order valence-electron chi connectivity index (χ1n) is 8.56. The number of benzene rings is 1. The molecular formula is C16H24N4O5S. The minimum Gasteiger partial charge on any atom is -0.355 e. The zero-order valence-corrected chi connectivity index (χ0v) is 15.5. The van der Waals surface area contributed by atoms with Crippen molar-refractivity contribution in [2.75, 3.05) is 26.2 Å². The summed E-state index contributed by atoms with van der Waals surface area (Å²) in [7, 11) is -3.92. The van der Waals surface area contributed by atoms with Crippen LogP contribution in [0.5, 0.6) is 0 Å². The molecule has 1 amide bonds. The Morgan fingerprint density at radius 3 is 2.81 bits per heavy atom. The Hall–Kier alpha value is -2.04. The molecule has 1 aromatic carbocycles. The summed E-state index contributed by atoms with van der Waals surface area (Å²) in [6, 6.07) is 3.88. The number of piperidine rings is 1. The molecule has 10 heteroatoms. The number of nitrogens with zero attached hydrogens (tertiary/aromatic N) is 2. The van der Waals surface area contributed by atoms with Gasteiger partial charge in [0.25, 0.3) is 5.69 Å². The second kappa shape index (κ2) is 8.56. The van der Waals surface area contributed by atoms with Crippen LogP contribution in [0.2, 0.25) is 0 Å². The molecule has 1 aliphatic rings. The molecule has 1 unspecified atom stereocenters. The average molecular weight is 384 g/mol. The fraction of sp³-hybridized carbons (Fsp3) is 0.562. The summed E-state index contributed by atoms with van der Waals surface area (Å²) < 4.78 is 27.4. The standard InChI is InChI=1S/C16H24N4O5S/c1-2-12-5-6-14(20(22)23)10-15(12)26(24,25)19-9-3-4-13(11-19)16(21)18-8-7-17/h5-6,10,13H,2-4,7-9,11,17H2,1H3,(H,18,21). The van der Waals surface area contributed by atoms with E-state index in [1.54, 1.807) is 6.92 Å². The maximum Gasteiger partial charge on any atom is 0.270 e. The molecule has 9 nitrogen and oxygen atoms in total. The summed E-state index contributed by atoms with van der Waals surface area (Å²) in [5.74, 6) is -0.668. The highest BCUT2D eigenvalue weighted by atomic mass is 32.2. The number of aryl methyl sites for hydroxylation is 1. The molecule has 144 valence electrons. The van der Waals surface area contributed by atoms with Gasteiger partial charge in [-0.25, -0.2) is 8.42 Å². The van der Waals surface area contributed by atoms with Crippen LogP contribution in [0.25, 0.3) is 0 Å². The van der Waals surface area contributed by atoms with E-state index in [0.29, 0.717) is 37.9 Å². The van der Waals surface area contributed by atoms with Crippen LogP contribution in [0.15, 0.2) is 23.1 Å². The van der Waals surface area contributed by atoms with Crippen molar-refractivity contribution in [1.29, 1.82) is 0 Å². The average Bonchev–Trinajstić information content (AvgIpc) is 2.65. The highest BCUT2D eigenvalue weighted by Crippen LogP contribution is 2.29. The molecule has 0 aromatic heterocycles. The summed E-state index contributed by atoms with van der Waals surface area (Å²) >= 11 is 0. The number of carbonyl (C=O) groups excluding carboxylic acids is 1. The first kappa shape index (κ1) is 20.3. The molecule has 1 aliphatic heterocycles. The Morgan fingerprint density at radius 1 is 1.46 bits per heavy atom. The number of nitro benzene ring substituents is 1. The van der Waals surface area contributed by atoms with E-state index in [-0.39, 0.29) is 29.6 Å². The topological polar surface area (TPSA) is 136 Å². The van der Waals surface area contributed by atoms with Crippen LogP contribution in [0.1, 0.15) is 25.3 Å². The van der Waals surface area contributed by atoms with Crippen molar-refractivity contribution < 1.29 is 18.1 Å². The van der Waals surface area contributed by atoms with E-state index in [2.05, 4.69) is 5.32 Å². The number of amides is 1. The minimum atomic E-state index is -3.92. The molecule has 0 saturated carbocycles. The zero-order valence-electron chi connectivity index (χ0n) is 14.7. The molecule has 1 aromatic rings. The van der Waals surface area contributed by atoms with Crippen LogP contribution < -0.4 is 11.1 Å². The Morgan fingerprint density at radius 2 is 2.19 bits per heavy atom. The van der Waals surface area contributed by atoms with E-state index in [1.807, 2.05) is 0 Å². The van der Waals surface area contributed by atoms with Crippen molar-refractivity contribution in [1.82, 2.24) is 9.62 Å². The third-order valence-electron chi connectivity index (χ3n) is 4.46. The molecule has 0 spiro atoms. The van der Waals surface area contributed by atoms with Crippen LogP contribution in [0.3, 0.4) is 0 Å². The number of rotatable bonds is 7. The number of non-ortho nitro benzene ring substituents is 1. The van der Waals surface area contributed by atoms with Crippen LogP contribution >= 0.6 is 0 Å². The molecule has 0 aliphatic carbocycles. The van der Waals surface area contributed by atoms with E-state index in [9.17, 15) is 23.3 Å². The van der Waals surface area contributed by atoms with Crippen molar-refractivity contribution in [2.45, 2.75) is 31.1 Å². The second-order valence-corrected chi connectivity index (χ2v) is 8.09. The van der Waals surface area contributed by atoms with Crippen molar-refractivity contribution in [3.63, 3.8) is 0 Å². The van der Waals surface area contributed by atoms with E-state index in [0.717, 1.165) is 6.07 Å². The molecule has 3 N–H and O–H groups in total. The Kier molecular flexibility index (Phi) is 6.68. The monoisotopic (exact) mass is 384 g/mol. The van der Waals surface area contributed by atoms with Gasteiger partial charge in [-0.15, -0.1) is 0 Å². The number of sulfonamides is 1. The second-order valence-electron chi connectivity index (χ2n) is 6.18. The number of carbonyl (C=O) groups is 1. The summed E-state index contributed by atoms with van der Waals surface area (Å²) in [6.45, 7) is 2.79. The molecule has 0 radical (unpaired) electrons. The van der Waals surface area contributed by atoms with Gasteiger partial charge in [-0.05, 0) is 24.8 Å². The number of hydrogen-bond donors (Lipinski definition) is 2. The summed E-state index contributed by atoms with van der Waals surface area (Å²) in [5, 5.41) is 13.7. The molecule has 2 rings (SSSR count). The van der Waals surface area contributed by atoms with E-state index in [1.165, 1.54) is 16.4 Å². The Labute approximate surface area is 152 Å². The quantitative estimate of drug-likeness (QED) is 0.523. The smallest absolute Gasteiger partial charge is 0.270 e. The number of nitrogens with two attached hydrogens (primary N) is 1. The normalized spacial score (nSPS) is 18.5. The van der Waals surface area contributed by atoms with Gasteiger partial charge in [0, 0.05) is 38.3 Å². The largest absolute Gasteiger partial charge is 0.355 e. The van der Waals surface area contributed by atoms with Gasteiger partial charge in [-0.3, -0.25) is 14.9 Å². The number of nitro groups is 1. The van der Waals surface area contributed by atoms with Gasteiger partial charge < -0.3 is 11.1 Å². The van der Waals surface area contributed by atoms with Crippen LogP contribution in [-0.2, 0) is 21.2 Å². The predicted octanol–water partition coefficient (Wildman–Crippen LogP) is 0.633. The van der Waals surface area contributed by atoms with Crippen LogP contribution in [0, 0.1) is 16.0 Å². The lowest BCUT2D eigenvalue weighted by Crippen LogP contribution is -2.46. The van der Waals surface area contributed by atoms with Crippen molar-refractivity contribution >= 4 is 21.6 Å². The van der Waals surface area contributed by atoms with E-state index in [4.69, 9.17) is 5.73 Å². The van der Waals surface area contributed by atoms with Crippen LogP contribution in [-0.4, -0.2) is 49.7 Å². The molecule has 1 fully saturated rings. The maximum absolute atomic E-state index is 13.1. The highest BCUT2D eigenvalue weighted by molar-refractivity contribution is 7.89. The van der Waals surface area contributed by atoms with Gasteiger partial charge in [0.15, 0.2) is 0 Å². The first-order chi connectivity index (χ1) is 12.3. The van der Waals surface area contributed by atoms with Gasteiger partial charge in [0.05, 0.1) is 15.7 Å². The minimum absolute atomic E-state index is 0.0581. The SMILES string of the molecule is CCc1ccc([N+](=O)[O-])cc1S(=O)(=O)N1CCCC(C(=O)NCCN)C1. The third-order valence-corrected chi connectivity index (χ3v) is 6.41. The van der Waals surface area contributed by atoms with Gasteiger partial charge in [-0.2, -0.15) is 4.31 Å². The molecule has 0 bridgehead atoms. The third kappa shape index (κ3) is 4.37. The summed E-state index contributed by atoms with van der Waals surface area (Å²) in [6.07, 6.45) is 1.58. The lowest BCUT2D eigenvalue weighted by molar-refractivity contribution is -0.385. The van der Waals surface area contributed by atoms with Crippen LogP contribution in [0.4, 0.5) is 5.69 Å². The lowest BCUT2D eigenvalue weighted by atomic mass is 9.99. The Bertz CT molecular complexity index is 781. The number of nitrogens with one attached hydrogen (secondary N) is 1. The van der Waals surface area contributed by atoms with E-state index < -0.39 is 20.9 Å². The van der Waals surface area contributed by atoms with Gasteiger partial charge >= 0.3 is 0 Å². The fourth-order valence-corrected chi connectivity index (χ4v) is 4.88. The van der Waals surface area contributed by atoms with Gasteiger partial charge in [0.1, 0.15) is 0 Å². The van der Waals surface area contributed by atoms with Gasteiger partial charge in [0.2, 0.25) is 15.9 Å². The maximum atomic E-state index is 13.1. The predicted molar refractivity (Wildman–Crippen MR) is 96.0 cm³/mol.